The average molecular weight is 307 g/mol. The summed E-state index contributed by atoms with van der Waals surface area (Å²) in [5, 5.41) is 18.4. The van der Waals surface area contributed by atoms with Crippen LogP contribution in [-0.4, -0.2) is 17.3 Å². The van der Waals surface area contributed by atoms with Gasteiger partial charge >= 0.3 is 0 Å². The zero-order valence-corrected chi connectivity index (χ0v) is 13.2. The van der Waals surface area contributed by atoms with E-state index in [9.17, 15) is 5.11 Å². The first-order valence-electron chi connectivity index (χ1n) is 7.27. The molecule has 108 valence electrons. The highest BCUT2D eigenvalue weighted by Gasteiger charge is 2.31. The zero-order valence-electron chi connectivity index (χ0n) is 11.5. The van der Waals surface area contributed by atoms with Crippen LogP contribution < -0.4 is 5.32 Å². The highest BCUT2D eigenvalue weighted by molar-refractivity contribution is 7.10. The van der Waals surface area contributed by atoms with E-state index in [1.807, 2.05) is 11.3 Å². The molecule has 3 rings (SSSR count). The molecule has 0 amide bonds. The number of hydrogen-bond acceptors (Lipinski definition) is 4. The van der Waals surface area contributed by atoms with Crippen LogP contribution in [0.25, 0.3) is 0 Å². The van der Waals surface area contributed by atoms with Crippen molar-refractivity contribution in [2.24, 2.45) is 0 Å². The Bertz CT molecular complexity index is 501. The van der Waals surface area contributed by atoms with Gasteiger partial charge in [-0.05, 0) is 35.7 Å². The third kappa shape index (κ3) is 3.50. The molecule has 2 nitrogen and oxygen atoms in total. The Kier molecular flexibility index (Phi) is 4.56. The summed E-state index contributed by atoms with van der Waals surface area (Å²) < 4.78 is 0. The highest BCUT2D eigenvalue weighted by Crippen LogP contribution is 2.31. The third-order valence-electron chi connectivity index (χ3n) is 4.08. The van der Waals surface area contributed by atoms with Crippen LogP contribution in [0.3, 0.4) is 0 Å². The first-order chi connectivity index (χ1) is 9.75. The fourth-order valence-electron chi connectivity index (χ4n) is 2.92. The second kappa shape index (κ2) is 6.39. The summed E-state index contributed by atoms with van der Waals surface area (Å²) in [4.78, 5) is 2.76. The van der Waals surface area contributed by atoms with Gasteiger partial charge in [-0.15, -0.1) is 22.7 Å². The van der Waals surface area contributed by atoms with Crippen molar-refractivity contribution < 1.29 is 5.11 Å². The summed E-state index contributed by atoms with van der Waals surface area (Å²) in [7, 11) is 0. The fourth-order valence-corrected chi connectivity index (χ4v) is 4.47. The van der Waals surface area contributed by atoms with Gasteiger partial charge in [0.25, 0.3) is 0 Å². The topological polar surface area (TPSA) is 32.3 Å². The molecular weight excluding hydrogens is 286 g/mol. The first-order valence-corrected chi connectivity index (χ1v) is 9.03. The highest BCUT2D eigenvalue weighted by atomic mass is 32.1. The SMILES string of the molecule is OC1(CNC(Cc2cccs2)c2cccs2)CCCC1. The van der Waals surface area contributed by atoms with Crippen molar-refractivity contribution >= 4 is 22.7 Å². The molecule has 2 aromatic heterocycles. The summed E-state index contributed by atoms with van der Waals surface area (Å²) in [6.45, 7) is 0.709. The molecular formula is C16H21NOS2. The van der Waals surface area contributed by atoms with Gasteiger partial charge in [0.1, 0.15) is 0 Å². The molecule has 0 bridgehead atoms. The van der Waals surface area contributed by atoms with Crippen molar-refractivity contribution in [2.75, 3.05) is 6.54 Å². The molecule has 0 aliphatic heterocycles. The van der Waals surface area contributed by atoms with Crippen molar-refractivity contribution in [3.63, 3.8) is 0 Å². The number of rotatable bonds is 6. The number of nitrogens with one attached hydrogen (secondary N) is 1. The molecule has 4 heteroatoms. The summed E-state index contributed by atoms with van der Waals surface area (Å²) in [5.41, 5.74) is -0.481. The Labute approximate surface area is 128 Å². The van der Waals surface area contributed by atoms with Crippen LogP contribution in [0.5, 0.6) is 0 Å². The molecule has 2 heterocycles. The summed E-state index contributed by atoms with van der Waals surface area (Å²) in [6.07, 6.45) is 5.21. The van der Waals surface area contributed by atoms with Gasteiger partial charge in [-0.3, -0.25) is 0 Å². The second-order valence-electron chi connectivity index (χ2n) is 5.66. The van der Waals surface area contributed by atoms with Crippen LogP contribution >= 0.6 is 22.7 Å². The van der Waals surface area contributed by atoms with Crippen molar-refractivity contribution in [2.45, 2.75) is 43.7 Å². The van der Waals surface area contributed by atoms with Crippen molar-refractivity contribution in [1.82, 2.24) is 5.32 Å². The predicted molar refractivity (Wildman–Crippen MR) is 86.5 cm³/mol. The van der Waals surface area contributed by atoms with E-state index in [1.165, 1.54) is 9.75 Å². The minimum absolute atomic E-state index is 0.318. The summed E-state index contributed by atoms with van der Waals surface area (Å²) >= 11 is 3.60. The molecule has 2 N–H and O–H groups in total. The lowest BCUT2D eigenvalue weighted by Crippen LogP contribution is -2.40. The van der Waals surface area contributed by atoms with Gasteiger partial charge < -0.3 is 10.4 Å². The molecule has 20 heavy (non-hydrogen) atoms. The smallest absolute Gasteiger partial charge is 0.0771 e. The van der Waals surface area contributed by atoms with Crippen LogP contribution in [0, 0.1) is 0 Å². The molecule has 0 spiro atoms. The van der Waals surface area contributed by atoms with E-state index < -0.39 is 5.60 Å². The van der Waals surface area contributed by atoms with Crippen LogP contribution in [0.1, 0.15) is 41.5 Å². The Morgan fingerprint density at radius 1 is 1.15 bits per heavy atom. The van der Waals surface area contributed by atoms with Crippen LogP contribution in [0.15, 0.2) is 35.0 Å². The third-order valence-corrected chi connectivity index (χ3v) is 5.97. The molecule has 0 radical (unpaired) electrons. The van der Waals surface area contributed by atoms with Gasteiger partial charge in [0.2, 0.25) is 0 Å². The molecule has 1 aliphatic rings. The van der Waals surface area contributed by atoms with Gasteiger partial charge in [-0.25, -0.2) is 0 Å². The Hall–Kier alpha value is -0.680. The summed E-state index contributed by atoms with van der Waals surface area (Å²) in [6, 6.07) is 8.91. The average Bonchev–Trinajstić information content (AvgIpc) is 3.17. The summed E-state index contributed by atoms with van der Waals surface area (Å²) in [5.74, 6) is 0. The molecule has 1 saturated carbocycles. The lowest BCUT2D eigenvalue weighted by atomic mass is 10.0. The minimum atomic E-state index is -0.481. The van der Waals surface area contributed by atoms with E-state index in [4.69, 9.17) is 0 Å². The van der Waals surface area contributed by atoms with E-state index in [2.05, 4.69) is 40.3 Å². The van der Waals surface area contributed by atoms with E-state index >= 15 is 0 Å². The van der Waals surface area contributed by atoms with Crippen molar-refractivity contribution in [1.29, 1.82) is 0 Å². The van der Waals surface area contributed by atoms with Crippen molar-refractivity contribution in [3.05, 3.63) is 44.8 Å². The maximum Gasteiger partial charge on any atom is 0.0771 e. The van der Waals surface area contributed by atoms with E-state index in [0.717, 1.165) is 32.1 Å². The first kappa shape index (κ1) is 14.3. The van der Waals surface area contributed by atoms with Gasteiger partial charge in [-0.2, -0.15) is 0 Å². The van der Waals surface area contributed by atoms with E-state index in [0.29, 0.717) is 12.6 Å². The molecule has 1 atom stereocenters. The quantitative estimate of drug-likeness (QED) is 0.846. The molecule has 1 aliphatic carbocycles. The maximum atomic E-state index is 10.5. The minimum Gasteiger partial charge on any atom is -0.389 e. The number of thiophene rings is 2. The fraction of sp³-hybridized carbons (Fsp3) is 0.500. The standard InChI is InChI=1S/C16H21NOS2/c18-16(7-1-2-8-16)12-17-14(15-6-4-10-20-15)11-13-5-3-9-19-13/h3-6,9-10,14,17-18H,1-2,7-8,11-12H2. The molecule has 2 aromatic rings. The van der Waals surface area contributed by atoms with Gasteiger partial charge in [-0.1, -0.05) is 25.0 Å². The van der Waals surface area contributed by atoms with Crippen molar-refractivity contribution in [3.8, 4) is 0 Å². The lowest BCUT2D eigenvalue weighted by Gasteiger charge is -2.26. The Morgan fingerprint density at radius 2 is 1.90 bits per heavy atom. The zero-order chi connectivity index (χ0) is 13.8. The van der Waals surface area contributed by atoms with E-state index in [-0.39, 0.29) is 0 Å². The van der Waals surface area contributed by atoms with Gasteiger partial charge in [0.05, 0.1) is 5.60 Å². The monoisotopic (exact) mass is 307 g/mol. The van der Waals surface area contributed by atoms with E-state index in [1.54, 1.807) is 11.3 Å². The van der Waals surface area contributed by atoms with Gasteiger partial charge in [0.15, 0.2) is 0 Å². The van der Waals surface area contributed by atoms with Crippen LogP contribution in [0.2, 0.25) is 0 Å². The van der Waals surface area contributed by atoms with Crippen LogP contribution in [0.4, 0.5) is 0 Å². The molecule has 1 fully saturated rings. The largest absolute Gasteiger partial charge is 0.389 e. The lowest BCUT2D eigenvalue weighted by molar-refractivity contribution is 0.0449. The second-order valence-corrected chi connectivity index (χ2v) is 7.68. The number of hydrogen-bond donors (Lipinski definition) is 2. The Balaban J connectivity index is 1.66. The maximum absolute atomic E-state index is 10.5. The predicted octanol–water partition coefficient (Wildman–Crippen LogP) is 3.99. The number of aliphatic hydroxyl groups is 1. The molecule has 0 aromatic carbocycles. The Morgan fingerprint density at radius 3 is 2.55 bits per heavy atom. The van der Waals surface area contributed by atoms with Gasteiger partial charge in [0, 0.05) is 28.8 Å². The normalized spacial score (nSPS) is 19.2. The molecule has 0 saturated heterocycles. The van der Waals surface area contributed by atoms with Crippen LogP contribution in [-0.2, 0) is 6.42 Å². The molecule has 1 unspecified atom stereocenters.